The molecule has 0 aromatic heterocycles. The summed E-state index contributed by atoms with van der Waals surface area (Å²) in [5.41, 5.74) is 2.72. The average Bonchev–Trinajstić information content (AvgIpc) is 2.76. The Bertz CT molecular complexity index is 853. The Morgan fingerprint density at radius 3 is 2.29 bits per heavy atom. The van der Waals surface area contributed by atoms with Crippen LogP contribution in [-0.2, 0) is 0 Å². The van der Waals surface area contributed by atoms with Crippen LogP contribution in [0.1, 0.15) is 63.0 Å². The van der Waals surface area contributed by atoms with E-state index in [2.05, 4.69) is 34.0 Å². The minimum absolute atomic E-state index is 0.252. The van der Waals surface area contributed by atoms with E-state index < -0.39 is 6.36 Å². The van der Waals surface area contributed by atoms with Gasteiger partial charge in [0.1, 0.15) is 5.75 Å². The highest BCUT2D eigenvalue weighted by molar-refractivity contribution is 6.02. The normalized spacial score (nSPS) is 20.2. The minimum Gasteiger partial charge on any atom is -0.406 e. The molecule has 2 aromatic rings. The molecule has 3 rings (SSSR count). The monoisotopic (exact) mass is 430 g/mol. The highest BCUT2D eigenvalue weighted by Crippen LogP contribution is 2.34. The number of benzene rings is 2. The van der Waals surface area contributed by atoms with Gasteiger partial charge in [-0.05, 0) is 67.0 Å². The van der Waals surface area contributed by atoms with Crippen LogP contribution < -0.4 is 4.74 Å². The topological polar surface area (TPSA) is 34.0 Å². The van der Waals surface area contributed by atoms with E-state index >= 15 is 0 Å². The molecule has 0 unspecified atom stereocenters. The van der Waals surface area contributed by atoms with Crippen molar-refractivity contribution < 1.29 is 17.9 Å². The highest BCUT2D eigenvalue weighted by atomic mass is 19.4. The Hall–Kier alpha value is -2.63. The van der Waals surface area contributed by atoms with Gasteiger partial charge in [0.25, 0.3) is 0 Å². The first-order valence-electron chi connectivity index (χ1n) is 11.0. The maximum Gasteiger partial charge on any atom is 0.573 e. The summed E-state index contributed by atoms with van der Waals surface area (Å²) in [7, 11) is 0. The van der Waals surface area contributed by atoms with Gasteiger partial charge in [-0.3, -0.25) is 0 Å². The van der Waals surface area contributed by atoms with Crippen LogP contribution in [0, 0.1) is 11.8 Å². The molecule has 0 bridgehead atoms. The summed E-state index contributed by atoms with van der Waals surface area (Å²) in [6.45, 7) is 2.24. The molecule has 0 heterocycles. The maximum absolute atomic E-state index is 12.3. The van der Waals surface area contributed by atoms with E-state index in [9.17, 15) is 13.2 Å². The number of unbranched alkanes of at least 4 members (excludes halogenated alkanes) is 1. The molecule has 2 aromatic carbocycles. The Morgan fingerprint density at radius 2 is 1.68 bits per heavy atom. The number of alkyl halides is 3. The Balaban J connectivity index is 1.70. The van der Waals surface area contributed by atoms with Gasteiger partial charge >= 0.3 is 6.36 Å². The van der Waals surface area contributed by atoms with Crippen LogP contribution >= 0.6 is 0 Å². The van der Waals surface area contributed by atoms with Gasteiger partial charge in [0.2, 0.25) is 0 Å². The van der Waals surface area contributed by atoms with Gasteiger partial charge in [-0.2, -0.15) is 10.2 Å². The van der Waals surface area contributed by atoms with E-state index in [0.29, 0.717) is 11.5 Å². The summed E-state index contributed by atoms with van der Waals surface area (Å²) in [6, 6.07) is 15.7. The molecule has 0 N–H and O–H groups in total. The van der Waals surface area contributed by atoms with Gasteiger partial charge in [-0.1, -0.05) is 56.5 Å². The third-order valence-corrected chi connectivity index (χ3v) is 5.75. The first kappa shape index (κ1) is 23.0. The molecule has 166 valence electrons. The second-order valence-electron chi connectivity index (χ2n) is 8.07. The van der Waals surface area contributed by atoms with Crippen LogP contribution in [0.3, 0.4) is 0 Å². The lowest BCUT2D eigenvalue weighted by atomic mass is 9.76. The molecule has 0 atom stereocenters. The van der Waals surface area contributed by atoms with E-state index in [1.54, 1.807) is 6.21 Å². The highest BCUT2D eigenvalue weighted by Gasteiger charge is 2.31. The average molecular weight is 431 g/mol. The van der Waals surface area contributed by atoms with Crippen molar-refractivity contribution in [1.29, 1.82) is 0 Å². The van der Waals surface area contributed by atoms with Gasteiger partial charge in [-0.25, -0.2) is 0 Å². The number of hydrogen-bond donors (Lipinski definition) is 0. The molecule has 6 heteroatoms. The lowest BCUT2D eigenvalue weighted by molar-refractivity contribution is -0.274. The van der Waals surface area contributed by atoms with Crippen molar-refractivity contribution in [2.24, 2.45) is 22.0 Å². The van der Waals surface area contributed by atoms with E-state index in [4.69, 9.17) is 0 Å². The van der Waals surface area contributed by atoms with Crippen molar-refractivity contribution in [1.82, 2.24) is 0 Å². The smallest absolute Gasteiger partial charge is 0.406 e. The van der Waals surface area contributed by atoms with Crippen LogP contribution in [0.15, 0.2) is 64.8 Å². The molecular formula is C25H29F3N2O. The van der Waals surface area contributed by atoms with Gasteiger partial charge in [0, 0.05) is 5.92 Å². The first-order valence-corrected chi connectivity index (χ1v) is 11.0. The maximum atomic E-state index is 12.3. The number of nitrogens with zero attached hydrogens (tertiary/aromatic N) is 2. The fraction of sp³-hybridized carbons (Fsp3) is 0.440. The predicted molar refractivity (Wildman–Crippen MR) is 119 cm³/mol. The van der Waals surface area contributed by atoms with Crippen LogP contribution in [0.2, 0.25) is 0 Å². The SMILES string of the molecule is CCCC[C@H]1CC[C@H](C(=NN=Cc2ccc(OC(F)(F)F)cc2)c2ccccc2)CC1. The first-order chi connectivity index (χ1) is 14.9. The Labute approximate surface area is 182 Å². The van der Waals surface area contributed by atoms with Crippen molar-refractivity contribution in [3.63, 3.8) is 0 Å². The van der Waals surface area contributed by atoms with Gasteiger partial charge in [0.15, 0.2) is 0 Å². The second-order valence-corrected chi connectivity index (χ2v) is 8.07. The fourth-order valence-electron chi connectivity index (χ4n) is 4.11. The molecule has 31 heavy (non-hydrogen) atoms. The standard InChI is InChI=1S/C25H29F3N2O/c1-2-3-7-19-10-14-22(15-11-19)24(21-8-5-4-6-9-21)30-29-18-20-12-16-23(17-13-20)31-25(26,27)28/h4-6,8-9,12-13,16-19,22H,2-3,7,10-11,14-15H2,1H3/t19-,22-. The molecule has 0 radical (unpaired) electrons. The molecule has 1 aliphatic rings. The molecule has 1 fully saturated rings. The van der Waals surface area contributed by atoms with Crippen LogP contribution in [0.4, 0.5) is 13.2 Å². The third kappa shape index (κ3) is 7.53. The van der Waals surface area contributed by atoms with E-state index in [1.165, 1.54) is 56.4 Å². The van der Waals surface area contributed by atoms with E-state index in [1.807, 2.05) is 18.2 Å². The van der Waals surface area contributed by atoms with Crippen molar-refractivity contribution in [3.05, 3.63) is 65.7 Å². The Kier molecular flexibility index (Phi) is 8.27. The van der Waals surface area contributed by atoms with Crippen molar-refractivity contribution >= 4 is 11.9 Å². The second kappa shape index (κ2) is 11.1. The molecule has 1 aliphatic carbocycles. The summed E-state index contributed by atoms with van der Waals surface area (Å²) < 4.78 is 40.8. The Morgan fingerprint density at radius 1 is 1.00 bits per heavy atom. The molecule has 0 aliphatic heterocycles. The molecular weight excluding hydrogens is 401 g/mol. The van der Waals surface area contributed by atoms with Crippen molar-refractivity contribution in [3.8, 4) is 5.75 Å². The van der Waals surface area contributed by atoms with Crippen LogP contribution in [0.25, 0.3) is 0 Å². The predicted octanol–water partition coefficient (Wildman–Crippen LogP) is 7.41. The minimum atomic E-state index is -4.69. The zero-order valence-corrected chi connectivity index (χ0v) is 17.8. The van der Waals surface area contributed by atoms with Crippen molar-refractivity contribution in [2.45, 2.75) is 58.2 Å². The molecule has 3 nitrogen and oxygen atoms in total. The van der Waals surface area contributed by atoms with Crippen LogP contribution in [0.5, 0.6) is 5.75 Å². The number of halogens is 3. The molecule has 1 saturated carbocycles. The van der Waals surface area contributed by atoms with Gasteiger partial charge in [-0.15, -0.1) is 13.2 Å². The zero-order valence-electron chi connectivity index (χ0n) is 17.8. The number of hydrogen-bond acceptors (Lipinski definition) is 3. The van der Waals surface area contributed by atoms with Crippen LogP contribution in [-0.4, -0.2) is 18.3 Å². The number of rotatable bonds is 8. The summed E-state index contributed by atoms with van der Waals surface area (Å²) in [4.78, 5) is 0. The zero-order chi connectivity index (χ0) is 22.1. The molecule has 0 spiro atoms. The molecule has 0 saturated heterocycles. The summed E-state index contributed by atoms with van der Waals surface area (Å²) >= 11 is 0. The summed E-state index contributed by atoms with van der Waals surface area (Å²) in [5.74, 6) is 0.937. The molecule has 0 amide bonds. The fourth-order valence-corrected chi connectivity index (χ4v) is 4.11. The summed E-state index contributed by atoms with van der Waals surface area (Å²) in [6.07, 6.45) is 5.39. The quantitative estimate of drug-likeness (QED) is 0.317. The van der Waals surface area contributed by atoms with E-state index in [0.717, 1.165) is 30.0 Å². The third-order valence-electron chi connectivity index (χ3n) is 5.75. The van der Waals surface area contributed by atoms with Gasteiger partial charge in [0.05, 0.1) is 11.9 Å². The van der Waals surface area contributed by atoms with Crippen molar-refractivity contribution in [2.75, 3.05) is 0 Å². The summed E-state index contributed by atoms with van der Waals surface area (Å²) in [5, 5.41) is 8.82. The largest absolute Gasteiger partial charge is 0.573 e. The lowest BCUT2D eigenvalue weighted by Gasteiger charge is -2.29. The van der Waals surface area contributed by atoms with Gasteiger partial charge < -0.3 is 4.74 Å². The lowest BCUT2D eigenvalue weighted by Crippen LogP contribution is -2.22. The van der Waals surface area contributed by atoms with E-state index in [-0.39, 0.29) is 5.75 Å². The number of ether oxygens (including phenoxy) is 1.